The van der Waals surface area contributed by atoms with Gasteiger partial charge in [0.25, 0.3) is 0 Å². The van der Waals surface area contributed by atoms with E-state index in [-0.39, 0.29) is 6.10 Å². The fraction of sp³-hybridized carbons (Fsp3) is 0.538. The molecule has 0 aromatic heterocycles. The summed E-state index contributed by atoms with van der Waals surface area (Å²) in [7, 11) is 0. The Balaban J connectivity index is 2.98. The van der Waals surface area contributed by atoms with Gasteiger partial charge in [0.2, 0.25) is 0 Å². The van der Waals surface area contributed by atoms with E-state index >= 15 is 0 Å². The molecule has 1 rings (SSSR count). The van der Waals surface area contributed by atoms with Crippen molar-refractivity contribution in [3.63, 3.8) is 0 Å². The van der Waals surface area contributed by atoms with Crippen molar-refractivity contribution in [1.29, 1.82) is 0 Å². The number of benzene rings is 1. The molecule has 0 heterocycles. The maximum atomic E-state index is 5.80. The number of aryl methyl sites for hydroxylation is 2. The normalized spacial score (nSPS) is 10.8. The molecule has 15 heavy (non-hydrogen) atoms. The Bertz CT molecular complexity index is 308. The Kier molecular flexibility index (Phi) is 4.52. The third-order valence-corrected chi connectivity index (χ3v) is 2.96. The van der Waals surface area contributed by atoms with Gasteiger partial charge in [-0.3, -0.25) is 0 Å². The molecule has 1 aromatic rings. The highest BCUT2D eigenvalue weighted by Gasteiger charge is 2.07. The van der Waals surface area contributed by atoms with Gasteiger partial charge in [0.05, 0.1) is 6.10 Å². The molecule has 0 N–H and O–H groups in total. The van der Waals surface area contributed by atoms with Crippen LogP contribution in [0.25, 0.3) is 0 Å². The quantitative estimate of drug-likeness (QED) is 0.709. The van der Waals surface area contributed by atoms with Crippen molar-refractivity contribution in [2.75, 3.05) is 5.75 Å². The number of rotatable bonds is 4. The van der Waals surface area contributed by atoms with Gasteiger partial charge in [-0.15, -0.1) is 11.8 Å². The van der Waals surface area contributed by atoms with E-state index in [1.165, 1.54) is 16.0 Å². The molecule has 0 saturated carbocycles. The Morgan fingerprint density at radius 1 is 1.20 bits per heavy atom. The fourth-order valence-electron chi connectivity index (χ4n) is 1.58. The molecule has 0 aliphatic carbocycles. The minimum absolute atomic E-state index is 0.243. The van der Waals surface area contributed by atoms with Crippen LogP contribution in [0.4, 0.5) is 0 Å². The summed E-state index contributed by atoms with van der Waals surface area (Å²) >= 11 is 1.88. The second-order valence-corrected chi connectivity index (χ2v) is 5.32. The average molecular weight is 224 g/mol. The van der Waals surface area contributed by atoms with Crippen LogP contribution < -0.4 is 4.74 Å². The second kappa shape index (κ2) is 5.45. The van der Waals surface area contributed by atoms with E-state index in [0.717, 1.165) is 11.5 Å². The Labute approximate surface area is 97.2 Å². The van der Waals surface area contributed by atoms with Crippen LogP contribution in [-0.4, -0.2) is 11.9 Å². The maximum Gasteiger partial charge on any atom is 0.125 e. The molecule has 0 aliphatic rings. The second-order valence-electron chi connectivity index (χ2n) is 3.99. The summed E-state index contributed by atoms with van der Waals surface area (Å²) in [6.45, 7) is 10.5. The molecule has 1 aromatic carbocycles. The lowest BCUT2D eigenvalue weighted by Crippen LogP contribution is -2.08. The van der Waals surface area contributed by atoms with Crippen molar-refractivity contribution in [3.8, 4) is 5.75 Å². The zero-order valence-corrected chi connectivity index (χ0v) is 11.1. The van der Waals surface area contributed by atoms with Gasteiger partial charge < -0.3 is 4.74 Å². The Morgan fingerprint density at radius 2 is 1.73 bits per heavy atom. The van der Waals surface area contributed by atoms with E-state index in [4.69, 9.17) is 4.74 Å². The van der Waals surface area contributed by atoms with Crippen LogP contribution >= 0.6 is 11.8 Å². The first-order valence-electron chi connectivity index (χ1n) is 5.45. The molecule has 0 saturated heterocycles. The highest BCUT2D eigenvalue weighted by molar-refractivity contribution is 7.99. The van der Waals surface area contributed by atoms with Gasteiger partial charge in [0.15, 0.2) is 0 Å². The molecule has 0 bridgehead atoms. The highest BCUT2D eigenvalue weighted by Crippen LogP contribution is 2.30. The molecule has 0 aliphatic heterocycles. The molecule has 1 nitrogen and oxygen atoms in total. The predicted molar refractivity (Wildman–Crippen MR) is 68.1 cm³/mol. The first kappa shape index (κ1) is 12.4. The minimum Gasteiger partial charge on any atom is -0.490 e. The fourth-order valence-corrected chi connectivity index (χ4v) is 2.44. The third kappa shape index (κ3) is 3.45. The lowest BCUT2D eigenvalue weighted by molar-refractivity contribution is 0.239. The first-order chi connectivity index (χ1) is 7.04. The van der Waals surface area contributed by atoms with E-state index in [0.29, 0.717) is 0 Å². The van der Waals surface area contributed by atoms with Gasteiger partial charge in [-0.1, -0.05) is 6.92 Å². The Hall–Kier alpha value is -0.630. The van der Waals surface area contributed by atoms with Gasteiger partial charge in [-0.2, -0.15) is 0 Å². The minimum atomic E-state index is 0.243. The molecular formula is C13H20OS. The van der Waals surface area contributed by atoms with E-state index in [9.17, 15) is 0 Å². The van der Waals surface area contributed by atoms with Gasteiger partial charge in [-0.25, -0.2) is 0 Å². The van der Waals surface area contributed by atoms with Crippen molar-refractivity contribution in [2.24, 2.45) is 0 Å². The van der Waals surface area contributed by atoms with Gasteiger partial charge in [0.1, 0.15) is 5.75 Å². The smallest absolute Gasteiger partial charge is 0.125 e. The van der Waals surface area contributed by atoms with Crippen molar-refractivity contribution < 1.29 is 4.74 Å². The molecular weight excluding hydrogens is 204 g/mol. The summed E-state index contributed by atoms with van der Waals surface area (Å²) in [4.78, 5) is 1.34. The largest absolute Gasteiger partial charge is 0.490 e. The molecule has 0 spiro atoms. The molecule has 2 heteroatoms. The summed E-state index contributed by atoms with van der Waals surface area (Å²) in [5, 5.41) is 0. The van der Waals surface area contributed by atoms with Gasteiger partial charge in [0, 0.05) is 4.90 Å². The molecule has 0 radical (unpaired) electrons. The zero-order chi connectivity index (χ0) is 11.4. The summed E-state index contributed by atoms with van der Waals surface area (Å²) in [6, 6.07) is 4.41. The van der Waals surface area contributed by atoms with Crippen LogP contribution in [0, 0.1) is 13.8 Å². The van der Waals surface area contributed by atoms with Crippen molar-refractivity contribution in [2.45, 2.75) is 45.6 Å². The zero-order valence-electron chi connectivity index (χ0n) is 10.3. The molecule has 0 unspecified atom stereocenters. The summed E-state index contributed by atoms with van der Waals surface area (Å²) in [5.74, 6) is 2.16. The average Bonchev–Trinajstić information content (AvgIpc) is 2.11. The molecule has 0 fully saturated rings. The van der Waals surface area contributed by atoms with E-state index in [1.54, 1.807) is 0 Å². The molecule has 0 amide bonds. The lowest BCUT2D eigenvalue weighted by Gasteiger charge is -2.16. The monoisotopic (exact) mass is 224 g/mol. The van der Waals surface area contributed by atoms with Gasteiger partial charge >= 0.3 is 0 Å². The first-order valence-corrected chi connectivity index (χ1v) is 6.43. The van der Waals surface area contributed by atoms with Crippen molar-refractivity contribution in [3.05, 3.63) is 23.3 Å². The predicted octanol–water partition coefficient (Wildman–Crippen LogP) is 4.20. The van der Waals surface area contributed by atoms with E-state index in [2.05, 4.69) is 46.8 Å². The van der Waals surface area contributed by atoms with Crippen LogP contribution in [0.5, 0.6) is 5.75 Å². The number of thioether (sulfide) groups is 1. The van der Waals surface area contributed by atoms with Crippen LogP contribution in [0.3, 0.4) is 0 Å². The summed E-state index contributed by atoms with van der Waals surface area (Å²) < 4.78 is 5.80. The SMILES string of the molecule is CCSc1cc(C)c(OC(C)C)c(C)c1. The third-order valence-electron chi connectivity index (χ3n) is 2.10. The number of ether oxygens (including phenoxy) is 1. The standard InChI is InChI=1S/C13H20OS/c1-6-15-12-7-10(4)13(11(5)8-12)14-9(2)3/h7-9H,6H2,1-5H3. The van der Waals surface area contributed by atoms with Crippen molar-refractivity contribution in [1.82, 2.24) is 0 Å². The van der Waals surface area contributed by atoms with Crippen LogP contribution in [0.1, 0.15) is 31.9 Å². The van der Waals surface area contributed by atoms with Crippen LogP contribution in [0.15, 0.2) is 17.0 Å². The summed E-state index contributed by atoms with van der Waals surface area (Å²) in [5.41, 5.74) is 2.47. The summed E-state index contributed by atoms with van der Waals surface area (Å²) in [6.07, 6.45) is 0.243. The van der Waals surface area contributed by atoms with E-state index in [1.807, 2.05) is 11.8 Å². The van der Waals surface area contributed by atoms with E-state index < -0.39 is 0 Å². The van der Waals surface area contributed by atoms with Gasteiger partial charge in [-0.05, 0) is 56.7 Å². The topological polar surface area (TPSA) is 9.23 Å². The number of hydrogen-bond donors (Lipinski definition) is 0. The molecule has 84 valence electrons. The van der Waals surface area contributed by atoms with Crippen LogP contribution in [0.2, 0.25) is 0 Å². The number of hydrogen-bond acceptors (Lipinski definition) is 2. The maximum absolute atomic E-state index is 5.80. The Morgan fingerprint density at radius 3 is 2.13 bits per heavy atom. The lowest BCUT2D eigenvalue weighted by atomic mass is 10.1. The highest BCUT2D eigenvalue weighted by atomic mass is 32.2. The molecule has 0 atom stereocenters. The van der Waals surface area contributed by atoms with Crippen molar-refractivity contribution >= 4 is 11.8 Å². The van der Waals surface area contributed by atoms with Crippen LogP contribution in [-0.2, 0) is 0 Å².